The highest BCUT2D eigenvalue weighted by molar-refractivity contribution is 9.10. The van der Waals surface area contributed by atoms with Crippen LogP contribution in [0.15, 0.2) is 27.6 Å². The Labute approximate surface area is 129 Å². The molecule has 2 unspecified atom stereocenters. The Morgan fingerprint density at radius 3 is 2.65 bits per heavy atom. The van der Waals surface area contributed by atoms with Gasteiger partial charge >= 0.3 is 0 Å². The van der Waals surface area contributed by atoms with Crippen LogP contribution in [0.25, 0.3) is 0 Å². The van der Waals surface area contributed by atoms with E-state index in [0.29, 0.717) is 16.1 Å². The monoisotopic (exact) mass is 360 g/mol. The average molecular weight is 361 g/mol. The molecule has 0 radical (unpaired) electrons. The van der Waals surface area contributed by atoms with E-state index in [1.165, 1.54) is 12.8 Å². The molecular weight excluding hydrogens is 340 g/mol. The normalized spacial score (nSPS) is 24.3. The number of benzene rings is 1. The van der Waals surface area contributed by atoms with E-state index in [1.54, 1.807) is 18.2 Å². The lowest BCUT2D eigenvalue weighted by Gasteiger charge is -2.23. The van der Waals surface area contributed by atoms with Gasteiger partial charge in [0.1, 0.15) is 0 Å². The number of nitrogens with two attached hydrogens (primary N) is 1. The molecule has 1 aromatic carbocycles. The van der Waals surface area contributed by atoms with Gasteiger partial charge in [0.15, 0.2) is 0 Å². The molecule has 0 heterocycles. The van der Waals surface area contributed by atoms with Gasteiger partial charge in [0.05, 0.1) is 4.90 Å². The number of rotatable bonds is 3. The molecule has 6 heteroatoms. The van der Waals surface area contributed by atoms with Crippen LogP contribution in [0.1, 0.15) is 39.0 Å². The second kappa shape index (κ2) is 6.45. The van der Waals surface area contributed by atoms with Crippen molar-refractivity contribution < 1.29 is 8.42 Å². The number of halogens is 1. The Morgan fingerprint density at radius 1 is 1.25 bits per heavy atom. The summed E-state index contributed by atoms with van der Waals surface area (Å²) >= 11 is 3.28. The molecule has 0 saturated heterocycles. The molecule has 1 fully saturated rings. The lowest BCUT2D eigenvalue weighted by Crippen LogP contribution is -2.38. The van der Waals surface area contributed by atoms with Gasteiger partial charge in [-0.05, 0) is 52.9 Å². The van der Waals surface area contributed by atoms with Gasteiger partial charge in [0, 0.05) is 16.2 Å². The minimum absolute atomic E-state index is 0.0203. The Kier molecular flexibility index (Phi) is 5.09. The van der Waals surface area contributed by atoms with Crippen molar-refractivity contribution in [3.05, 3.63) is 22.7 Å². The molecule has 0 bridgehead atoms. The maximum absolute atomic E-state index is 12.5. The Bertz CT molecular complexity index is 575. The van der Waals surface area contributed by atoms with Gasteiger partial charge in [0.2, 0.25) is 10.0 Å². The first-order chi connectivity index (χ1) is 9.40. The van der Waals surface area contributed by atoms with Crippen LogP contribution in [-0.4, -0.2) is 14.5 Å². The standard InChI is InChI=1S/C14H21BrN2O2S/c1-10-5-3-2-4-6-13(10)17-20(18,19)14-8-7-11(16)9-12(14)15/h7-10,13,17H,2-6,16H2,1H3. The van der Waals surface area contributed by atoms with E-state index in [1.807, 2.05) is 0 Å². The molecule has 20 heavy (non-hydrogen) atoms. The molecule has 1 aliphatic carbocycles. The van der Waals surface area contributed by atoms with Crippen molar-refractivity contribution in [3.63, 3.8) is 0 Å². The first-order valence-electron chi connectivity index (χ1n) is 6.97. The number of hydrogen-bond donors (Lipinski definition) is 2. The van der Waals surface area contributed by atoms with Gasteiger partial charge in [-0.2, -0.15) is 0 Å². The predicted octanol–water partition coefficient (Wildman–Crippen LogP) is 3.28. The van der Waals surface area contributed by atoms with Crippen LogP contribution >= 0.6 is 15.9 Å². The Balaban J connectivity index is 2.21. The third-order valence-corrected chi connectivity index (χ3v) is 6.38. The van der Waals surface area contributed by atoms with E-state index < -0.39 is 10.0 Å². The quantitative estimate of drug-likeness (QED) is 0.641. The van der Waals surface area contributed by atoms with Crippen molar-refractivity contribution in [1.29, 1.82) is 0 Å². The molecule has 112 valence electrons. The number of nitrogen functional groups attached to an aromatic ring is 1. The van der Waals surface area contributed by atoms with Crippen molar-refractivity contribution in [3.8, 4) is 0 Å². The van der Waals surface area contributed by atoms with E-state index >= 15 is 0 Å². The maximum Gasteiger partial charge on any atom is 0.241 e. The molecule has 4 nitrogen and oxygen atoms in total. The molecule has 2 atom stereocenters. The molecule has 0 aliphatic heterocycles. The van der Waals surface area contributed by atoms with Gasteiger partial charge in [-0.25, -0.2) is 13.1 Å². The molecular formula is C14H21BrN2O2S. The van der Waals surface area contributed by atoms with Crippen molar-refractivity contribution in [2.75, 3.05) is 5.73 Å². The van der Waals surface area contributed by atoms with E-state index in [-0.39, 0.29) is 10.9 Å². The zero-order chi connectivity index (χ0) is 14.8. The van der Waals surface area contributed by atoms with E-state index in [4.69, 9.17) is 5.73 Å². The topological polar surface area (TPSA) is 72.2 Å². The lowest BCUT2D eigenvalue weighted by molar-refractivity contribution is 0.399. The molecule has 3 N–H and O–H groups in total. The molecule has 1 aliphatic rings. The summed E-state index contributed by atoms with van der Waals surface area (Å²) in [6, 6.07) is 4.79. The van der Waals surface area contributed by atoms with Crippen LogP contribution < -0.4 is 10.5 Å². The van der Waals surface area contributed by atoms with Crippen LogP contribution in [-0.2, 0) is 10.0 Å². The summed E-state index contributed by atoms with van der Waals surface area (Å²) in [6.07, 6.45) is 5.45. The minimum atomic E-state index is -3.51. The molecule has 0 spiro atoms. The lowest BCUT2D eigenvalue weighted by atomic mass is 9.98. The highest BCUT2D eigenvalue weighted by atomic mass is 79.9. The zero-order valence-corrected chi connectivity index (χ0v) is 14.0. The van der Waals surface area contributed by atoms with Crippen LogP contribution in [0.2, 0.25) is 0 Å². The van der Waals surface area contributed by atoms with Gasteiger partial charge in [-0.15, -0.1) is 0 Å². The summed E-state index contributed by atoms with van der Waals surface area (Å²) in [5.74, 6) is 0.375. The first-order valence-corrected chi connectivity index (χ1v) is 9.25. The fourth-order valence-corrected chi connectivity index (χ4v) is 5.14. The van der Waals surface area contributed by atoms with Crippen LogP contribution in [0, 0.1) is 5.92 Å². The van der Waals surface area contributed by atoms with Gasteiger partial charge in [-0.1, -0.05) is 26.2 Å². The van der Waals surface area contributed by atoms with Gasteiger partial charge < -0.3 is 5.73 Å². The maximum atomic E-state index is 12.5. The third kappa shape index (κ3) is 3.74. The molecule has 0 aromatic heterocycles. The largest absolute Gasteiger partial charge is 0.399 e. The predicted molar refractivity (Wildman–Crippen MR) is 84.9 cm³/mol. The van der Waals surface area contributed by atoms with Crippen molar-refractivity contribution in [1.82, 2.24) is 4.72 Å². The second-order valence-electron chi connectivity index (χ2n) is 5.53. The summed E-state index contributed by atoms with van der Waals surface area (Å²) in [5, 5.41) is 0. The summed E-state index contributed by atoms with van der Waals surface area (Å²) < 4.78 is 28.4. The number of sulfonamides is 1. The van der Waals surface area contributed by atoms with Crippen molar-refractivity contribution in [2.45, 2.75) is 50.0 Å². The van der Waals surface area contributed by atoms with Gasteiger partial charge in [-0.3, -0.25) is 0 Å². The molecule has 0 amide bonds. The van der Waals surface area contributed by atoms with E-state index in [0.717, 1.165) is 19.3 Å². The van der Waals surface area contributed by atoms with Crippen LogP contribution in [0.4, 0.5) is 5.69 Å². The fourth-order valence-electron chi connectivity index (χ4n) is 2.67. The van der Waals surface area contributed by atoms with Crippen LogP contribution in [0.3, 0.4) is 0 Å². The zero-order valence-electron chi connectivity index (χ0n) is 11.6. The molecule has 1 aromatic rings. The fraction of sp³-hybridized carbons (Fsp3) is 0.571. The third-order valence-electron chi connectivity index (χ3n) is 3.91. The Hall–Kier alpha value is -0.590. The second-order valence-corrected chi connectivity index (χ2v) is 8.07. The van der Waals surface area contributed by atoms with E-state index in [9.17, 15) is 8.42 Å². The molecule has 1 saturated carbocycles. The summed E-state index contributed by atoms with van der Waals surface area (Å²) in [7, 11) is -3.51. The minimum Gasteiger partial charge on any atom is -0.399 e. The molecule has 2 rings (SSSR count). The Morgan fingerprint density at radius 2 is 1.95 bits per heavy atom. The number of nitrogens with one attached hydrogen (secondary N) is 1. The van der Waals surface area contributed by atoms with Gasteiger partial charge in [0.25, 0.3) is 0 Å². The summed E-state index contributed by atoms with van der Waals surface area (Å²) in [6.45, 7) is 2.12. The van der Waals surface area contributed by atoms with Crippen molar-refractivity contribution >= 4 is 31.6 Å². The smallest absolute Gasteiger partial charge is 0.241 e. The summed E-state index contributed by atoms with van der Waals surface area (Å²) in [5.41, 5.74) is 6.19. The van der Waals surface area contributed by atoms with E-state index in [2.05, 4.69) is 27.6 Å². The highest BCUT2D eigenvalue weighted by Crippen LogP contribution is 2.27. The highest BCUT2D eigenvalue weighted by Gasteiger charge is 2.26. The summed E-state index contributed by atoms with van der Waals surface area (Å²) in [4.78, 5) is 0.253. The van der Waals surface area contributed by atoms with Crippen molar-refractivity contribution in [2.24, 2.45) is 5.92 Å². The first kappa shape index (κ1) is 15.8. The number of hydrogen-bond acceptors (Lipinski definition) is 3. The SMILES string of the molecule is CC1CCCCCC1NS(=O)(=O)c1ccc(N)cc1Br. The average Bonchev–Trinajstić information content (AvgIpc) is 2.54. The van der Waals surface area contributed by atoms with Crippen LogP contribution in [0.5, 0.6) is 0 Å². The number of anilines is 1.